The van der Waals surface area contributed by atoms with Crippen molar-refractivity contribution in [2.45, 2.75) is 6.42 Å². The van der Waals surface area contributed by atoms with Crippen LogP contribution in [0, 0.1) is 5.82 Å². The van der Waals surface area contributed by atoms with Crippen LogP contribution in [0.4, 0.5) is 15.8 Å². The first-order valence-corrected chi connectivity index (χ1v) is 7.69. The average molecular weight is 311 g/mol. The summed E-state index contributed by atoms with van der Waals surface area (Å²) in [7, 11) is 3.92. The minimum absolute atomic E-state index is 0.282. The summed E-state index contributed by atoms with van der Waals surface area (Å²) in [4.78, 5) is 8.57. The second-order valence-corrected chi connectivity index (χ2v) is 6.05. The molecule has 0 N–H and O–H groups in total. The zero-order chi connectivity index (χ0) is 16.0. The van der Waals surface area contributed by atoms with E-state index in [1.165, 1.54) is 12.5 Å². The van der Waals surface area contributed by atoms with Crippen molar-refractivity contribution in [3.8, 4) is 5.69 Å². The lowest BCUT2D eigenvalue weighted by Gasteiger charge is -2.33. The molecule has 3 heterocycles. The molecule has 118 valence electrons. The number of halogens is 1. The highest BCUT2D eigenvalue weighted by Crippen LogP contribution is 2.26. The van der Waals surface area contributed by atoms with E-state index in [-0.39, 0.29) is 5.82 Å². The molecule has 1 aromatic carbocycles. The Bertz CT molecular complexity index is 867. The van der Waals surface area contributed by atoms with E-state index in [2.05, 4.69) is 15.0 Å². The van der Waals surface area contributed by atoms with Gasteiger partial charge in [-0.2, -0.15) is 0 Å². The van der Waals surface area contributed by atoms with E-state index in [4.69, 9.17) is 0 Å². The number of nitrogens with zero attached hydrogens (tertiary/aromatic N) is 5. The van der Waals surface area contributed by atoms with Crippen molar-refractivity contribution in [3.63, 3.8) is 0 Å². The van der Waals surface area contributed by atoms with Crippen molar-refractivity contribution >= 4 is 22.4 Å². The number of rotatable bonds is 3. The van der Waals surface area contributed by atoms with Crippen LogP contribution in [0.1, 0.15) is 6.42 Å². The molecule has 1 fully saturated rings. The van der Waals surface area contributed by atoms with Crippen molar-refractivity contribution in [3.05, 3.63) is 42.5 Å². The fourth-order valence-electron chi connectivity index (χ4n) is 2.72. The largest absolute Gasteiger partial charge is 0.376 e. The maximum absolute atomic E-state index is 14.3. The van der Waals surface area contributed by atoms with Crippen LogP contribution in [0.15, 0.2) is 36.7 Å². The molecular weight excluding hydrogens is 293 g/mol. The Balaban J connectivity index is 1.78. The molecule has 23 heavy (non-hydrogen) atoms. The highest BCUT2D eigenvalue weighted by Gasteiger charge is 2.17. The quantitative estimate of drug-likeness (QED) is 0.745. The summed E-state index contributed by atoms with van der Waals surface area (Å²) in [6.07, 6.45) is 4.79. The summed E-state index contributed by atoms with van der Waals surface area (Å²) in [6, 6.07) is 7.19. The van der Waals surface area contributed by atoms with Gasteiger partial charge < -0.3 is 9.80 Å². The first kappa shape index (κ1) is 14.0. The number of benzene rings is 1. The number of hydrogen-bond donors (Lipinski definition) is 0. The van der Waals surface area contributed by atoms with E-state index in [9.17, 15) is 4.39 Å². The topological polar surface area (TPSA) is 37.2 Å². The van der Waals surface area contributed by atoms with E-state index in [0.29, 0.717) is 11.3 Å². The van der Waals surface area contributed by atoms with Crippen LogP contribution >= 0.6 is 0 Å². The summed E-state index contributed by atoms with van der Waals surface area (Å²) < 4.78 is 15.8. The zero-order valence-electron chi connectivity index (χ0n) is 13.2. The molecule has 0 saturated carbocycles. The van der Waals surface area contributed by atoms with Gasteiger partial charge in [-0.1, -0.05) is 0 Å². The van der Waals surface area contributed by atoms with Crippen LogP contribution in [0.25, 0.3) is 16.7 Å². The average Bonchev–Trinajstić information content (AvgIpc) is 2.89. The van der Waals surface area contributed by atoms with Crippen molar-refractivity contribution in [1.29, 1.82) is 0 Å². The van der Waals surface area contributed by atoms with Crippen LogP contribution in [0.5, 0.6) is 0 Å². The summed E-state index contributed by atoms with van der Waals surface area (Å²) in [5.41, 5.74) is 3.10. The molecule has 1 aliphatic rings. The van der Waals surface area contributed by atoms with Gasteiger partial charge in [0.05, 0.1) is 11.9 Å². The van der Waals surface area contributed by atoms with Gasteiger partial charge >= 0.3 is 0 Å². The van der Waals surface area contributed by atoms with Gasteiger partial charge in [0.2, 0.25) is 0 Å². The highest BCUT2D eigenvalue weighted by molar-refractivity contribution is 5.78. The van der Waals surface area contributed by atoms with Gasteiger partial charge in [-0.15, -0.1) is 5.10 Å². The molecule has 0 unspecified atom stereocenters. The molecule has 1 aliphatic heterocycles. The SMILES string of the molecule is CN(C)c1cnc2nn(-c3cc(N4CCC4)ccc3F)cc2c1. The smallest absolute Gasteiger partial charge is 0.181 e. The van der Waals surface area contributed by atoms with E-state index < -0.39 is 0 Å². The first-order valence-electron chi connectivity index (χ1n) is 7.69. The molecule has 5 nitrogen and oxygen atoms in total. The van der Waals surface area contributed by atoms with Crippen LogP contribution in [-0.2, 0) is 0 Å². The summed E-state index contributed by atoms with van der Waals surface area (Å²) >= 11 is 0. The molecule has 1 saturated heterocycles. The third-order valence-corrected chi connectivity index (χ3v) is 4.26. The van der Waals surface area contributed by atoms with Gasteiger partial charge in [-0.05, 0) is 30.7 Å². The standard InChI is InChI=1S/C17H18FN5/c1-21(2)14-8-12-11-23(20-17(12)19-10-14)16-9-13(4-5-15(16)18)22-6-3-7-22/h4-5,8-11H,3,6-7H2,1-2H3. The second kappa shape index (κ2) is 5.22. The maximum Gasteiger partial charge on any atom is 0.181 e. The van der Waals surface area contributed by atoms with Crippen LogP contribution < -0.4 is 9.80 Å². The lowest BCUT2D eigenvalue weighted by Crippen LogP contribution is -2.37. The van der Waals surface area contributed by atoms with Crippen LogP contribution in [0.2, 0.25) is 0 Å². The lowest BCUT2D eigenvalue weighted by molar-refractivity contribution is 0.601. The molecule has 0 radical (unpaired) electrons. The molecule has 0 bridgehead atoms. The Morgan fingerprint density at radius 2 is 2.00 bits per heavy atom. The second-order valence-electron chi connectivity index (χ2n) is 6.05. The van der Waals surface area contributed by atoms with Gasteiger partial charge in [0.1, 0.15) is 11.5 Å². The van der Waals surface area contributed by atoms with Crippen molar-refractivity contribution in [2.24, 2.45) is 0 Å². The highest BCUT2D eigenvalue weighted by atomic mass is 19.1. The Morgan fingerprint density at radius 1 is 1.17 bits per heavy atom. The van der Waals surface area contributed by atoms with Gasteiger partial charge in [0.15, 0.2) is 5.65 Å². The molecule has 6 heteroatoms. The Labute approximate surface area is 134 Å². The zero-order valence-corrected chi connectivity index (χ0v) is 13.2. The van der Waals surface area contributed by atoms with Gasteiger partial charge in [0.25, 0.3) is 0 Å². The third kappa shape index (κ3) is 2.40. The normalized spacial score (nSPS) is 14.1. The van der Waals surface area contributed by atoms with E-state index in [1.54, 1.807) is 10.9 Å². The summed E-state index contributed by atoms with van der Waals surface area (Å²) in [5, 5.41) is 5.31. The van der Waals surface area contributed by atoms with Gasteiger partial charge in [-0.25, -0.2) is 14.1 Å². The molecule has 4 rings (SSSR count). The van der Waals surface area contributed by atoms with E-state index in [0.717, 1.165) is 29.9 Å². The predicted octanol–water partition coefficient (Wildman–Crippen LogP) is 2.84. The molecule has 0 atom stereocenters. The minimum Gasteiger partial charge on any atom is -0.376 e. The predicted molar refractivity (Wildman–Crippen MR) is 90.0 cm³/mol. The van der Waals surface area contributed by atoms with Gasteiger partial charge in [-0.3, -0.25) is 0 Å². The lowest BCUT2D eigenvalue weighted by atomic mass is 10.1. The molecule has 0 aliphatic carbocycles. The molecular formula is C17H18FN5. The fourth-order valence-corrected chi connectivity index (χ4v) is 2.72. The number of aromatic nitrogens is 3. The molecule has 0 spiro atoms. The molecule has 0 amide bonds. The van der Waals surface area contributed by atoms with Crippen molar-refractivity contribution in [1.82, 2.24) is 14.8 Å². The van der Waals surface area contributed by atoms with E-state index >= 15 is 0 Å². The van der Waals surface area contributed by atoms with Crippen LogP contribution in [-0.4, -0.2) is 41.9 Å². The Hall–Kier alpha value is -2.63. The van der Waals surface area contributed by atoms with Crippen molar-refractivity contribution < 1.29 is 4.39 Å². The fraction of sp³-hybridized carbons (Fsp3) is 0.294. The summed E-state index contributed by atoms with van der Waals surface area (Å²) in [5.74, 6) is -0.282. The molecule has 3 aromatic rings. The maximum atomic E-state index is 14.3. The number of hydrogen-bond acceptors (Lipinski definition) is 4. The van der Waals surface area contributed by atoms with E-state index in [1.807, 2.05) is 43.4 Å². The van der Waals surface area contributed by atoms with Gasteiger partial charge in [0, 0.05) is 44.5 Å². The Kier molecular flexibility index (Phi) is 3.18. The Morgan fingerprint density at radius 3 is 2.70 bits per heavy atom. The minimum atomic E-state index is -0.282. The van der Waals surface area contributed by atoms with Crippen LogP contribution in [0.3, 0.4) is 0 Å². The number of anilines is 2. The number of pyridine rings is 1. The monoisotopic (exact) mass is 311 g/mol. The molecule has 2 aromatic heterocycles. The van der Waals surface area contributed by atoms with Crippen molar-refractivity contribution in [2.75, 3.05) is 37.0 Å². The first-order chi connectivity index (χ1) is 11.1. The summed E-state index contributed by atoms with van der Waals surface area (Å²) in [6.45, 7) is 2.06. The third-order valence-electron chi connectivity index (χ3n) is 4.26. The number of fused-ring (bicyclic) bond motifs is 1.